The molecule has 0 aromatic rings. The van der Waals surface area contributed by atoms with Gasteiger partial charge in [0.2, 0.25) is 6.29 Å². The Morgan fingerprint density at radius 2 is 2.10 bits per heavy atom. The van der Waals surface area contributed by atoms with Crippen molar-refractivity contribution in [2.24, 2.45) is 0 Å². The minimum absolute atomic E-state index is 0.912. The minimum atomic E-state index is 0.912. The number of likely N-dealkylation sites (tertiary alicyclic amines) is 1. The van der Waals surface area contributed by atoms with Gasteiger partial charge in [0, 0.05) is 6.54 Å². The van der Waals surface area contributed by atoms with Crippen LogP contribution in [0.2, 0.25) is 0 Å². The summed E-state index contributed by atoms with van der Waals surface area (Å²) in [5, 5.41) is 0. The monoisotopic (exact) mass is 138 g/mol. The van der Waals surface area contributed by atoms with Gasteiger partial charge in [-0.25, -0.2) is 0 Å². The lowest BCUT2D eigenvalue weighted by Gasteiger charge is -2.09. The van der Waals surface area contributed by atoms with Gasteiger partial charge in [0.15, 0.2) is 0 Å². The van der Waals surface area contributed by atoms with E-state index in [2.05, 4.69) is 4.90 Å². The molecular formula is C8H12NO. The molecule has 55 valence electrons. The molecule has 1 radical (unpaired) electrons. The number of hydrogen-bond acceptors (Lipinski definition) is 2. The number of carbonyl (C=O) groups excluding carboxylic acids is 1. The predicted octanol–water partition coefficient (Wildman–Crippen LogP) is 0.748. The molecule has 0 atom stereocenters. The van der Waals surface area contributed by atoms with Gasteiger partial charge in [-0.3, -0.25) is 9.69 Å². The predicted molar refractivity (Wildman–Crippen MR) is 40.5 cm³/mol. The third-order valence-electron chi connectivity index (χ3n) is 1.75. The molecule has 0 unspecified atom stereocenters. The maximum absolute atomic E-state index is 9.75. The molecule has 0 aromatic carbocycles. The van der Waals surface area contributed by atoms with Crippen LogP contribution in [0.4, 0.5) is 0 Å². The molecule has 2 nitrogen and oxygen atoms in total. The van der Waals surface area contributed by atoms with Crippen molar-refractivity contribution in [3.05, 3.63) is 12.2 Å². The SMILES string of the molecule is O=[C]/C=C/CN1CCCC1. The van der Waals surface area contributed by atoms with E-state index < -0.39 is 0 Å². The van der Waals surface area contributed by atoms with Crippen LogP contribution in [-0.2, 0) is 4.79 Å². The van der Waals surface area contributed by atoms with E-state index in [1.807, 2.05) is 6.08 Å². The lowest BCUT2D eigenvalue weighted by atomic mass is 10.4. The van der Waals surface area contributed by atoms with Gasteiger partial charge in [0.25, 0.3) is 0 Å². The topological polar surface area (TPSA) is 20.3 Å². The van der Waals surface area contributed by atoms with Crippen molar-refractivity contribution in [2.75, 3.05) is 19.6 Å². The van der Waals surface area contributed by atoms with Gasteiger partial charge in [-0.1, -0.05) is 6.08 Å². The summed E-state index contributed by atoms with van der Waals surface area (Å²) in [6, 6.07) is 0. The van der Waals surface area contributed by atoms with Gasteiger partial charge < -0.3 is 0 Å². The van der Waals surface area contributed by atoms with E-state index in [1.54, 1.807) is 6.29 Å². The van der Waals surface area contributed by atoms with Crippen LogP contribution in [0, 0.1) is 0 Å². The molecule has 0 aliphatic carbocycles. The standard InChI is InChI=1S/C8H12NO/c10-8-4-3-7-9-5-1-2-6-9/h3-4H,1-2,5-7H2/b4-3+. The third kappa shape index (κ3) is 2.31. The highest BCUT2D eigenvalue weighted by Crippen LogP contribution is 2.05. The zero-order chi connectivity index (χ0) is 7.23. The van der Waals surface area contributed by atoms with Gasteiger partial charge in [0.05, 0.1) is 0 Å². The Morgan fingerprint density at radius 1 is 1.40 bits per heavy atom. The Balaban J connectivity index is 2.12. The molecule has 0 spiro atoms. The number of nitrogens with zero attached hydrogens (tertiary/aromatic N) is 1. The van der Waals surface area contributed by atoms with E-state index in [1.165, 1.54) is 32.0 Å². The number of rotatable bonds is 3. The quantitative estimate of drug-likeness (QED) is 0.536. The molecule has 0 N–H and O–H groups in total. The average Bonchev–Trinajstić information content (AvgIpc) is 2.41. The van der Waals surface area contributed by atoms with E-state index in [0.717, 1.165) is 6.54 Å². The Bertz CT molecular complexity index is 125. The molecule has 10 heavy (non-hydrogen) atoms. The molecule has 1 aliphatic rings. The van der Waals surface area contributed by atoms with Gasteiger partial charge in [-0.05, 0) is 32.0 Å². The second-order valence-corrected chi connectivity index (χ2v) is 2.53. The van der Waals surface area contributed by atoms with Crippen molar-refractivity contribution in [3.63, 3.8) is 0 Å². The van der Waals surface area contributed by atoms with Crippen molar-refractivity contribution < 1.29 is 4.79 Å². The molecule has 1 saturated heterocycles. The van der Waals surface area contributed by atoms with Gasteiger partial charge in [-0.2, -0.15) is 0 Å². The summed E-state index contributed by atoms with van der Waals surface area (Å²) in [6.45, 7) is 3.28. The lowest BCUT2D eigenvalue weighted by molar-refractivity contribution is 0.377. The smallest absolute Gasteiger partial charge is 0.225 e. The van der Waals surface area contributed by atoms with Crippen LogP contribution in [0.1, 0.15) is 12.8 Å². The number of hydrogen-bond donors (Lipinski definition) is 0. The fourth-order valence-corrected chi connectivity index (χ4v) is 1.22. The Hall–Kier alpha value is -0.630. The summed E-state index contributed by atoms with van der Waals surface area (Å²) >= 11 is 0. The first-order valence-corrected chi connectivity index (χ1v) is 3.68. The van der Waals surface area contributed by atoms with E-state index in [9.17, 15) is 4.79 Å². The highest BCUT2D eigenvalue weighted by molar-refractivity contribution is 5.65. The van der Waals surface area contributed by atoms with E-state index in [0.29, 0.717) is 0 Å². The van der Waals surface area contributed by atoms with Crippen LogP contribution in [-0.4, -0.2) is 30.8 Å². The van der Waals surface area contributed by atoms with Crippen molar-refractivity contribution in [2.45, 2.75) is 12.8 Å². The van der Waals surface area contributed by atoms with Crippen LogP contribution in [0.25, 0.3) is 0 Å². The number of allylic oxidation sites excluding steroid dienone is 1. The summed E-state index contributed by atoms with van der Waals surface area (Å²) < 4.78 is 0. The summed E-state index contributed by atoms with van der Waals surface area (Å²) in [7, 11) is 0. The molecule has 1 aliphatic heterocycles. The molecule has 0 saturated carbocycles. The van der Waals surface area contributed by atoms with Crippen molar-refractivity contribution >= 4 is 6.29 Å². The first kappa shape index (κ1) is 7.48. The van der Waals surface area contributed by atoms with Crippen molar-refractivity contribution in [3.8, 4) is 0 Å². The second kappa shape index (κ2) is 4.23. The molecule has 1 heterocycles. The van der Waals surface area contributed by atoms with Crippen molar-refractivity contribution in [1.29, 1.82) is 0 Å². The Morgan fingerprint density at radius 3 is 2.70 bits per heavy atom. The zero-order valence-corrected chi connectivity index (χ0v) is 6.05. The van der Waals surface area contributed by atoms with Crippen LogP contribution in [0.15, 0.2) is 12.2 Å². The van der Waals surface area contributed by atoms with Crippen molar-refractivity contribution in [1.82, 2.24) is 4.90 Å². The molecular weight excluding hydrogens is 126 g/mol. The highest BCUT2D eigenvalue weighted by Gasteiger charge is 2.08. The van der Waals surface area contributed by atoms with Crippen LogP contribution in [0.3, 0.4) is 0 Å². The third-order valence-corrected chi connectivity index (χ3v) is 1.75. The summed E-state index contributed by atoms with van der Waals surface area (Å²) in [5.74, 6) is 0. The largest absolute Gasteiger partial charge is 0.300 e. The summed E-state index contributed by atoms with van der Waals surface area (Å²) in [6.07, 6.45) is 7.65. The Kier molecular flexibility index (Phi) is 3.16. The van der Waals surface area contributed by atoms with Crippen LogP contribution < -0.4 is 0 Å². The second-order valence-electron chi connectivity index (χ2n) is 2.53. The molecule has 2 heteroatoms. The molecule has 1 rings (SSSR count). The van der Waals surface area contributed by atoms with Gasteiger partial charge in [0.1, 0.15) is 0 Å². The lowest BCUT2D eigenvalue weighted by Crippen LogP contribution is -2.18. The molecule has 1 fully saturated rings. The normalized spacial score (nSPS) is 20.4. The van der Waals surface area contributed by atoms with Crippen LogP contribution >= 0.6 is 0 Å². The summed E-state index contributed by atoms with van der Waals surface area (Å²) in [5.41, 5.74) is 0. The van der Waals surface area contributed by atoms with Gasteiger partial charge >= 0.3 is 0 Å². The fourth-order valence-electron chi connectivity index (χ4n) is 1.22. The maximum atomic E-state index is 9.75. The van der Waals surface area contributed by atoms with E-state index in [-0.39, 0.29) is 0 Å². The van der Waals surface area contributed by atoms with E-state index in [4.69, 9.17) is 0 Å². The molecule has 0 amide bonds. The highest BCUT2D eigenvalue weighted by atomic mass is 16.1. The first-order valence-electron chi connectivity index (χ1n) is 3.68. The molecule has 0 aromatic heterocycles. The van der Waals surface area contributed by atoms with E-state index >= 15 is 0 Å². The zero-order valence-electron chi connectivity index (χ0n) is 6.05. The molecule has 0 bridgehead atoms. The fraction of sp³-hybridized carbons (Fsp3) is 0.625. The average molecular weight is 138 g/mol. The summed E-state index contributed by atoms with van der Waals surface area (Å²) in [4.78, 5) is 12.1. The maximum Gasteiger partial charge on any atom is 0.225 e. The van der Waals surface area contributed by atoms with Gasteiger partial charge in [-0.15, -0.1) is 0 Å². The first-order chi connectivity index (χ1) is 4.93. The van der Waals surface area contributed by atoms with Crippen LogP contribution in [0.5, 0.6) is 0 Å². The minimum Gasteiger partial charge on any atom is -0.300 e. The Labute approximate surface area is 61.5 Å².